The van der Waals surface area contributed by atoms with Gasteiger partial charge in [0.05, 0.1) is 6.10 Å². The van der Waals surface area contributed by atoms with Gasteiger partial charge in [-0.05, 0) is 36.1 Å². The highest BCUT2D eigenvalue weighted by Crippen LogP contribution is 2.19. The van der Waals surface area contributed by atoms with Crippen LogP contribution in [-0.2, 0) is 0 Å². The van der Waals surface area contributed by atoms with Gasteiger partial charge in [-0.3, -0.25) is 0 Å². The molecule has 0 bridgehead atoms. The van der Waals surface area contributed by atoms with Crippen molar-refractivity contribution in [1.82, 2.24) is 0 Å². The summed E-state index contributed by atoms with van der Waals surface area (Å²) in [4.78, 5) is 0. The first-order chi connectivity index (χ1) is 9.56. The normalized spacial score (nSPS) is 12.4. The molecular weight excluding hydrogens is 246 g/mol. The minimum absolute atomic E-state index is 0.486. The highest BCUT2D eigenvalue weighted by atomic mass is 16.3. The summed E-state index contributed by atoms with van der Waals surface area (Å²) in [6.07, 6.45) is -0.486. The molecule has 0 aliphatic heterocycles. The monoisotopic (exact) mass is 269 g/mol. The van der Waals surface area contributed by atoms with Crippen LogP contribution >= 0.6 is 0 Å². The van der Waals surface area contributed by atoms with Crippen LogP contribution in [-0.4, -0.2) is 11.7 Å². The molecule has 20 heavy (non-hydrogen) atoms. The van der Waals surface area contributed by atoms with Crippen molar-refractivity contribution in [2.45, 2.75) is 32.8 Å². The first kappa shape index (κ1) is 14.6. The Hall–Kier alpha value is -1.80. The Balaban J connectivity index is 1.94. The summed E-state index contributed by atoms with van der Waals surface area (Å²) in [5.41, 5.74) is 4.50. The second-order valence-corrected chi connectivity index (χ2v) is 5.59. The third-order valence-corrected chi connectivity index (χ3v) is 3.50. The fourth-order valence-electron chi connectivity index (χ4n) is 2.20. The molecule has 0 saturated heterocycles. The topological polar surface area (TPSA) is 32.3 Å². The molecule has 0 spiro atoms. The van der Waals surface area contributed by atoms with E-state index in [-0.39, 0.29) is 0 Å². The Kier molecular flexibility index (Phi) is 4.80. The van der Waals surface area contributed by atoms with Gasteiger partial charge in [0.2, 0.25) is 0 Å². The smallest absolute Gasteiger partial charge is 0.0962 e. The van der Waals surface area contributed by atoms with Gasteiger partial charge in [0, 0.05) is 12.2 Å². The van der Waals surface area contributed by atoms with E-state index in [9.17, 15) is 5.11 Å². The predicted octanol–water partition coefficient (Wildman–Crippen LogP) is 4.26. The van der Waals surface area contributed by atoms with Gasteiger partial charge < -0.3 is 10.4 Å². The minimum atomic E-state index is -0.486. The van der Waals surface area contributed by atoms with E-state index in [2.05, 4.69) is 43.4 Å². The first-order valence-electron chi connectivity index (χ1n) is 7.14. The van der Waals surface area contributed by atoms with E-state index in [0.717, 1.165) is 11.3 Å². The lowest BCUT2D eigenvalue weighted by molar-refractivity contribution is 0.191. The van der Waals surface area contributed by atoms with Crippen LogP contribution in [0, 0.1) is 6.92 Å². The molecule has 0 saturated carbocycles. The lowest BCUT2D eigenvalue weighted by Gasteiger charge is -2.14. The molecule has 2 rings (SSSR count). The van der Waals surface area contributed by atoms with Crippen LogP contribution in [0.25, 0.3) is 0 Å². The molecule has 0 aromatic heterocycles. The Morgan fingerprint density at radius 2 is 1.70 bits per heavy atom. The molecule has 1 atom stereocenters. The Labute approximate surface area is 121 Å². The van der Waals surface area contributed by atoms with Crippen LogP contribution < -0.4 is 5.32 Å². The van der Waals surface area contributed by atoms with E-state index in [4.69, 9.17) is 0 Å². The van der Waals surface area contributed by atoms with Crippen LogP contribution in [0.15, 0.2) is 48.5 Å². The molecule has 0 aliphatic rings. The van der Waals surface area contributed by atoms with Gasteiger partial charge in [-0.2, -0.15) is 0 Å². The number of hydrogen-bond donors (Lipinski definition) is 2. The van der Waals surface area contributed by atoms with Gasteiger partial charge in [0.25, 0.3) is 0 Å². The molecular formula is C18H23NO. The van der Waals surface area contributed by atoms with Crippen LogP contribution in [0.1, 0.15) is 42.6 Å². The van der Waals surface area contributed by atoms with Crippen LogP contribution in [0.3, 0.4) is 0 Å². The molecule has 2 heteroatoms. The molecule has 0 radical (unpaired) electrons. The zero-order valence-electron chi connectivity index (χ0n) is 12.4. The summed E-state index contributed by atoms with van der Waals surface area (Å²) in [5, 5.41) is 13.5. The van der Waals surface area contributed by atoms with E-state index in [1.54, 1.807) is 0 Å². The Morgan fingerprint density at radius 3 is 2.30 bits per heavy atom. The van der Waals surface area contributed by atoms with Gasteiger partial charge >= 0.3 is 0 Å². The number of hydrogen-bond acceptors (Lipinski definition) is 2. The molecule has 2 aromatic rings. The zero-order valence-corrected chi connectivity index (χ0v) is 12.4. The number of aryl methyl sites for hydroxylation is 1. The van der Waals surface area contributed by atoms with Crippen LogP contribution in [0.2, 0.25) is 0 Å². The fraction of sp³-hybridized carbons (Fsp3) is 0.333. The number of aliphatic hydroxyl groups is 1. The van der Waals surface area contributed by atoms with E-state index in [1.807, 2.05) is 31.2 Å². The summed E-state index contributed by atoms with van der Waals surface area (Å²) in [5.74, 6) is 0.543. The first-order valence-corrected chi connectivity index (χ1v) is 7.14. The van der Waals surface area contributed by atoms with Gasteiger partial charge in [0.1, 0.15) is 0 Å². The van der Waals surface area contributed by atoms with E-state index in [1.165, 1.54) is 11.1 Å². The second kappa shape index (κ2) is 6.58. The molecule has 0 heterocycles. The standard InChI is InChI=1S/C18H23NO/c1-13(2)15-7-9-17(10-8-15)19-12-18(20)16-6-4-5-14(3)11-16/h4-11,13,18-20H,12H2,1-3H3. The van der Waals surface area contributed by atoms with Crippen molar-refractivity contribution in [1.29, 1.82) is 0 Å². The van der Waals surface area contributed by atoms with Gasteiger partial charge in [-0.25, -0.2) is 0 Å². The van der Waals surface area contributed by atoms with Crippen LogP contribution in [0.4, 0.5) is 5.69 Å². The maximum absolute atomic E-state index is 10.2. The van der Waals surface area contributed by atoms with Crippen LogP contribution in [0.5, 0.6) is 0 Å². The number of aliphatic hydroxyl groups excluding tert-OH is 1. The number of nitrogens with one attached hydrogen (secondary N) is 1. The maximum atomic E-state index is 10.2. The third-order valence-electron chi connectivity index (χ3n) is 3.50. The highest BCUT2D eigenvalue weighted by molar-refractivity contribution is 5.45. The number of anilines is 1. The largest absolute Gasteiger partial charge is 0.387 e. The summed E-state index contributed by atoms with van der Waals surface area (Å²) >= 11 is 0. The maximum Gasteiger partial charge on any atom is 0.0962 e. The number of benzene rings is 2. The quantitative estimate of drug-likeness (QED) is 0.850. The molecule has 106 valence electrons. The van der Waals surface area contributed by atoms with Gasteiger partial charge in [-0.15, -0.1) is 0 Å². The summed E-state index contributed by atoms with van der Waals surface area (Å²) in [6, 6.07) is 16.4. The average Bonchev–Trinajstić information content (AvgIpc) is 2.45. The molecule has 0 aliphatic carbocycles. The Morgan fingerprint density at radius 1 is 1.00 bits per heavy atom. The van der Waals surface area contributed by atoms with Gasteiger partial charge in [0.15, 0.2) is 0 Å². The second-order valence-electron chi connectivity index (χ2n) is 5.59. The highest BCUT2D eigenvalue weighted by Gasteiger charge is 2.07. The lowest BCUT2D eigenvalue weighted by Crippen LogP contribution is -2.12. The van der Waals surface area contributed by atoms with E-state index >= 15 is 0 Å². The van der Waals surface area contributed by atoms with E-state index in [0.29, 0.717) is 12.5 Å². The van der Waals surface area contributed by atoms with Crippen molar-refractivity contribution in [3.63, 3.8) is 0 Å². The molecule has 0 amide bonds. The van der Waals surface area contributed by atoms with Crippen molar-refractivity contribution in [3.8, 4) is 0 Å². The van der Waals surface area contributed by atoms with Crippen molar-refractivity contribution < 1.29 is 5.11 Å². The fourth-order valence-corrected chi connectivity index (χ4v) is 2.20. The third kappa shape index (κ3) is 3.84. The van der Waals surface area contributed by atoms with Crippen molar-refractivity contribution in [2.24, 2.45) is 0 Å². The molecule has 2 N–H and O–H groups in total. The SMILES string of the molecule is Cc1cccc(C(O)CNc2ccc(C(C)C)cc2)c1. The average molecular weight is 269 g/mol. The van der Waals surface area contributed by atoms with E-state index < -0.39 is 6.10 Å². The predicted molar refractivity (Wildman–Crippen MR) is 85.2 cm³/mol. The van der Waals surface area contributed by atoms with Crippen molar-refractivity contribution in [3.05, 3.63) is 65.2 Å². The van der Waals surface area contributed by atoms with Crippen molar-refractivity contribution >= 4 is 5.69 Å². The van der Waals surface area contributed by atoms with Crippen molar-refractivity contribution in [2.75, 3.05) is 11.9 Å². The zero-order chi connectivity index (χ0) is 14.5. The Bertz CT molecular complexity index is 546. The summed E-state index contributed by atoms with van der Waals surface area (Å²) in [7, 11) is 0. The molecule has 1 unspecified atom stereocenters. The summed E-state index contributed by atoms with van der Waals surface area (Å²) < 4.78 is 0. The molecule has 0 fully saturated rings. The minimum Gasteiger partial charge on any atom is -0.387 e. The lowest BCUT2D eigenvalue weighted by atomic mass is 10.0. The summed E-state index contributed by atoms with van der Waals surface area (Å²) in [6.45, 7) is 6.92. The molecule has 2 nitrogen and oxygen atoms in total. The van der Waals surface area contributed by atoms with Gasteiger partial charge in [-0.1, -0.05) is 55.8 Å². The number of rotatable bonds is 5. The molecule has 2 aromatic carbocycles.